The Bertz CT molecular complexity index is 4150. The summed E-state index contributed by atoms with van der Waals surface area (Å²) in [6.45, 7) is 24.1. The molecule has 0 saturated heterocycles. The van der Waals surface area contributed by atoms with Gasteiger partial charge in [-0.2, -0.15) is 14.3 Å². The minimum Gasteiger partial charge on any atom is -0.425 e. The maximum Gasteiger partial charge on any atom is 0.370 e. The normalized spacial score (nSPS) is 12.6. The topological polar surface area (TPSA) is 169 Å². The number of aromatic nitrogens is 10. The molecular formula is C59H74F2N10O7SSi3. The fourth-order valence-corrected chi connectivity index (χ4v) is 12.4. The van der Waals surface area contributed by atoms with Crippen molar-refractivity contribution in [3.63, 3.8) is 0 Å². The van der Waals surface area contributed by atoms with Crippen molar-refractivity contribution >= 4 is 77.9 Å². The van der Waals surface area contributed by atoms with Gasteiger partial charge in [0.25, 0.3) is 0 Å². The van der Waals surface area contributed by atoms with Crippen molar-refractivity contribution in [1.82, 2.24) is 48.0 Å². The second-order valence-electron chi connectivity index (χ2n) is 24.7. The molecule has 0 N–H and O–H groups in total. The van der Waals surface area contributed by atoms with Crippen molar-refractivity contribution in [3.05, 3.63) is 131 Å². The van der Waals surface area contributed by atoms with Crippen LogP contribution in [0.15, 0.2) is 113 Å². The predicted molar refractivity (Wildman–Crippen MR) is 329 cm³/mol. The third kappa shape index (κ3) is 14.0. The van der Waals surface area contributed by atoms with Crippen LogP contribution in [0.25, 0.3) is 71.8 Å². The van der Waals surface area contributed by atoms with Gasteiger partial charge in [0.2, 0.25) is 15.0 Å². The first-order valence-corrected chi connectivity index (χ1v) is 40.4. The lowest BCUT2D eigenvalue weighted by Gasteiger charge is -2.16. The Morgan fingerprint density at radius 1 is 0.561 bits per heavy atom. The largest absolute Gasteiger partial charge is 0.425 e. The molecule has 0 spiro atoms. The van der Waals surface area contributed by atoms with Crippen LogP contribution in [0.1, 0.15) is 5.56 Å². The third-order valence-corrected chi connectivity index (χ3v) is 20.3. The van der Waals surface area contributed by atoms with Gasteiger partial charge in [-0.05, 0) is 107 Å². The number of aryl methyl sites for hydroxylation is 3. The standard InChI is InChI=1S/C36H46FN7O4Si2.C23H28FN3O3SSi/c1-25-9-11-28(20-33(25)44-36(45)43(39-40-44)24-47-16-18-50(6,7)8)48-35-38-31-21-29(26-10-12-32-27(19-26)13-14-41(32)2)30(37)22-34(31)42(35)23-46-15-17-49(3,4)5;1-26-9-8-17-12-16(6-7-21(17)26)18-13-20-22(14-19(18)24)27(23(25-20)31(2,28)29)15-30-10-11-32(3,4)5/h9-14,19-22H,15-18,23-24H2,1-8H3;6-9,12-14H,10-11,15H2,1-5H3. The molecule has 0 aliphatic heterocycles. The highest BCUT2D eigenvalue weighted by molar-refractivity contribution is 7.90. The molecule has 0 bridgehead atoms. The van der Waals surface area contributed by atoms with Gasteiger partial charge >= 0.3 is 11.7 Å². The number of halogens is 2. The van der Waals surface area contributed by atoms with Crippen molar-refractivity contribution in [1.29, 1.82) is 0 Å². The molecule has 5 heterocycles. The van der Waals surface area contributed by atoms with E-state index in [9.17, 15) is 13.2 Å². The fraction of sp³-hybridized carbons (Fsp3) is 0.373. The molecule has 23 heteroatoms. The number of fused-ring (bicyclic) bond motifs is 4. The van der Waals surface area contributed by atoms with Crippen LogP contribution in [0.3, 0.4) is 0 Å². The van der Waals surface area contributed by atoms with Crippen molar-refractivity contribution in [2.75, 3.05) is 26.1 Å². The van der Waals surface area contributed by atoms with E-state index in [-0.39, 0.29) is 37.2 Å². The molecule has 0 atom stereocenters. The zero-order valence-electron chi connectivity index (χ0n) is 49.2. The van der Waals surface area contributed by atoms with Crippen molar-refractivity contribution < 1.29 is 36.1 Å². The van der Waals surface area contributed by atoms with Gasteiger partial charge in [0.1, 0.15) is 37.6 Å². The molecule has 0 saturated carbocycles. The molecule has 434 valence electrons. The molecule has 5 aromatic carbocycles. The lowest BCUT2D eigenvalue weighted by atomic mass is 10.0. The van der Waals surface area contributed by atoms with Crippen LogP contribution < -0.4 is 10.4 Å². The van der Waals surface area contributed by atoms with Crippen LogP contribution in [-0.4, -0.2) is 107 Å². The summed E-state index contributed by atoms with van der Waals surface area (Å²) in [5.41, 5.74) is 7.26. The van der Waals surface area contributed by atoms with Gasteiger partial charge in [-0.3, -0.25) is 9.13 Å². The molecule has 0 amide bonds. The van der Waals surface area contributed by atoms with Gasteiger partial charge in [0, 0.05) is 128 Å². The van der Waals surface area contributed by atoms with Crippen LogP contribution >= 0.6 is 0 Å². The van der Waals surface area contributed by atoms with Crippen LogP contribution in [0.4, 0.5) is 8.78 Å². The minimum atomic E-state index is -3.62. The van der Waals surface area contributed by atoms with Crippen LogP contribution in [0, 0.1) is 18.6 Å². The molecule has 10 rings (SSSR count). The summed E-state index contributed by atoms with van der Waals surface area (Å²) in [6.07, 6.45) is 5.05. The van der Waals surface area contributed by atoms with Crippen molar-refractivity contribution in [3.8, 4) is 39.7 Å². The highest BCUT2D eigenvalue weighted by Crippen LogP contribution is 2.35. The molecule has 17 nitrogen and oxygen atoms in total. The Kier molecular flexibility index (Phi) is 17.3. The maximum absolute atomic E-state index is 15.9. The molecule has 0 unspecified atom stereocenters. The van der Waals surface area contributed by atoms with Gasteiger partial charge in [0.15, 0.2) is 0 Å². The summed E-state index contributed by atoms with van der Waals surface area (Å²) < 4.78 is 89.5. The zero-order valence-corrected chi connectivity index (χ0v) is 53.0. The highest BCUT2D eigenvalue weighted by Gasteiger charge is 2.24. The van der Waals surface area contributed by atoms with E-state index in [4.69, 9.17) is 23.9 Å². The smallest absolute Gasteiger partial charge is 0.370 e. The third-order valence-electron chi connectivity index (χ3n) is 14.2. The van der Waals surface area contributed by atoms with Crippen molar-refractivity contribution in [2.45, 2.75) is 109 Å². The van der Waals surface area contributed by atoms with Gasteiger partial charge in [-0.1, -0.05) is 77.1 Å². The van der Waals surface area contributed by atoms with Crippen LogP contribution in [-0.2, 0) is 58.3 Å². The number of rotatable bonds is 21. The van der Waals surface area contributed by atoms with Gasteiger partial charge < -0.3 is 28.1 Å². The number of ether oxygens (including phenoxy) is 4. The Labute approximate surface area is 480 Å². The van der Waals surface area contributed by atoms with E-state index in [0.29, 0.717) is 70.0 Å². The fourth-order valence-electron chi connectivity index (χ4n) is 9.29. The second kappa shape index (κ2) is 23.8. The Morgan fingerprint density at radius 2 is 1.05 bits per heavy atom. The van der Waals surface area contributed by atoms with E-state index < -0.39 is 45.6 Å². The molecule has 10 aromatic rings. The zero-order chi connectivity index (χ0) is 59.1. The van der Waals surface area contributed by atoms with E-state index >= 15 is 8.78 Å². The summed E-state index contributed by atoms with van der Waals surface area (Å²) >= 11 is 0. The lowest BCUT2D eigenvalue weighted by molar-refractivity contribution is 0.0748. The first-order chi connectivity index (χ1) is 38.6. The van der Waals surface area contributed by atoms with Crippen molar-refractivity contribution in [2.24, 2.45) is 14.1 Å². The number of benzene rings is 5. The Morgan fingerprint density at radius 3 is 1.56 bits per heavy atom. The van der Waals surface area contributed by atoms with E-state index in [1.165, 1.54) is 26.1 Å². The maximum atomic E-state index is 15.9. The summed E-state index contributed by atoms with van der Waals surface area (Å²) in [4.78, 5) is 22.4. The monoisotopic (exact) mass is 1190 g/mol. The van der Waals surface area contributed by atoms with E-state index in [1.807, 2.05) is 97.1 Å². The minimum absolute atomic E-state index is 0.0120. The number of hydrogen-bond acceptors (Lipinski definition) is 11. The van der Waals surface area contributed by atoms with E-state index in [1.54, 1.807) is 28.8 Å². The first-order valence-electron chi connectivity index (χ1n) is 27.4. The number of imidazole rings is 2. The predicted octanol–water partition coefficient (Wildman–Crippen LogP) is 12.9. The molecule has 0 radical (unpaired) electrons. The summed E-state index contributed by atoms with van der Waals surface area (Å²) in [7, 11) is -3.56. The summed E-state index contributed by atoms with van der Waals surface area (Å²) in [5.74, 6) is -0.379. The second-order valence-corrected chi connectivity index (χ2v) is 43.5. The molecule has 0 aliphatic carbocycles. The molecule has 0 aliphatic rings. The number of hydrogen-bond donors (Lipinski definition) is 0. The molecular weight excluding hydrogens is 1120 g/mol. The molecule has 0 fully saturated rings. The Hall–Kier alpha value is -6.87. The van der Waals surface area contributed by atoms with Gasteiger partial charge in [0.05, 0.1) is 27.8 Å². The van der Waals surface area contributed by atoms with Gasteiger partial charge in [-0.15, -0.1) is 0 Å². The highest BCUT2D eigenvalue weighted by atomic mass is 32.2. The number of nitrogens with zero attached hydrogens (tertiary/aromatic N) is 10. The quantitative estimate of drug-likeness (QED) is 0.0496. The lowest BCUT2D eigenvalue weighted by Crippen LogP contribution is -2.27. The van der Waals surface area contributed by atoms with E-state index in [2.05, 4.69) is 74.3 Å². The number of tetrazole rings is 1. The SMILES string of the molecule is Cc1ccc(Oc2nc3cc(-c4ccc5c(ccn5C)c4)c(F)cc3n2COCC[Si](C)(C)C)cc1-n1nnn(COCC[Si](C)(C)C)c1=O.Cn1ccc2cc(-c3cc4nc(S(C)(=O)=O)n(COCC[Si](C)(C)C)c4cc3F)ccc21. The first kappa shape index (κ1) is 59.7. The summed E-state index contributed by atoms with van der Waals surface area (Å²) in [5, 5.41) is 10.1. The molecule has 82 heavy (non-hydrogen) atoms. The summed E-state index contributed by atoms with van der Waals surface area (Å²) in [6, 6.07) is 30.4. The Balaban J connectivity index is 0.000000218. The van der Waals surface area contributed by atoms with Crippen LogP contribution in [0.5, 0.6) is 11.8 Å². The number of sulfone groups is 1. The van der Waals surface area contributed by atoms with Gasteiger partial charge in [-0.25, -0.2) is 27.0 Å². The van der Waals surface area contributed by atoms with E-state index in [0.717, 1.165) is 57.3 Å². The van der Waals surface area contributed by atoms with Crippen LogP contribution in [0.2, 0.25) is 77.1 Å². The average Bonchev–Trinajstić information content (AvgIpc) is 4.42. The average molecular weight is 1190 g/mol. The molecule has 5 aromatic heterocycles.